The second-order valence-corrected chi connectivity index (χ2v) is 6.13. The van der Waals surface area contributed by atoms with Crippen LogP contribution in [-0.2, 0) is 20.7 Å². The van der Waals surface area contributed by atoms with Crippen LogP contribution in [0.4, 0.5) is 5.69 Å². The molecule has 0 heterocycles. The summed E-state index contributed by atoms with van der Waals surface area (Å²) in [5.41, 5.74) is 3.98. The minimum absolute atomic E-state index is 0.0891. The van der Waals surface area contributed by atoms with Crippen molar-refractivity contribution in [3.63, 3.8) is 0 Å². The fourth-order valence-corrected chi connectivity index (χ4v) is 2.35. The van der Waals surface area contributed by atoms with E-state index in [1.165, 1.54) is 5.56 Å². The third-order valence-corrected chi connectivity index (χ3v) is 3.92. The van der Waals surface area contributed by atoms with Crippen LogP contribution in [0.1, 0.15) is 30.0 Å². The molecule has 2 rings (SSSR count). The average Bonchev–Trinajstić information content (AvgIpc) is 2.63. The summed E-state index contributed by atoms with van der Waals surface area (Å²) in [7, 11) is 0. The van der Waals surface area contributed by atoms with Crippen LogP contribution in [0.3, 0.4) is 0 Å². The molecule has 0 spiro atoms. The van der Waals surface area contributed by atoms with E-state index >= 15 is 0 Å². The summed E-state index contributed by atoms with van der Waals surface area (Å²) >= 11 is 0. The highest BCUT2D eigenvalue weighted by atomic mass is 16.5. The lowest BCUT2D eigenvalue weighted by atomic mass is 10.1. The van der Waals surface area contributed by atoms with Gasteiger partial charge in [-0.25, -0.2) is 0 Å². The molecule has 1 N–H and O–H groups in total. The molecule has 1 amide bonds. The lowest BCUT2D eigenvalue weighted by molar-refractivity contribution is -0.147. The van der Waals surface area contributed by atoms with Crippen LogP contribution in [-0.4, -0.2) is 25.1 Å². The van der Waals surface area contributed by atoms with E-state index in [0.29, 0.717) is 5.69 Å². The molecule has 2 aromatic rings. The molecule has 0 saturated heterocycles. The Morgan fingerprint density at radius 2 is 1.77 bits per heavy atom. The number of amides is 1. The highest BCUT2D eigenvalue weighted by Gasteiger charge is 2.09. The summed E-state index contributed by atoms with van der Waals surface area (Å²) < 4.78 is 10.6. The molecule has 5 heteroatoms. The summed E-state index contributed by atoms with van der Waals surface area (Å²) in [5, 5.41) is 2.70. The van der Waals surface area contributed by atoms with Gasteiger partial charge in [-0.2, -0.15) is 0 Å². The topological polar surface area (TPSA) is 64.6 Å². The fraction of sp³-hybridized carbons (Fsp3) is 0.333. The predicted molar refractivity (Wildman–Crippen MR) is 101 cm³/mol. The number of rotatable bonds is 8. The Balaban J connectivity index is 1.69. The van der Waals surface area contributed by atoms with E-state index in [4.69, 9.17) is 9.47 Å². The monoisotopic (exact) mass is 355 g/mol. The van der Waals surface area contributed by atoms with Gasteiger partial charge < -0.3 is 14.8 Å². The molecule has 26 heavy (non-hydrogen) atoms. The van der Waals surface area contributed by atoms with Gasteiger partial charge in [0.15, 0.2) is 6.61 Å². The highest BCUT2D eigenvalue weighted by Crippen LogP contribution is 2.19. The van der Waals surface area contributed by atoms with Gasteiger partial charge in [-0.05, 0) is 55.2 Å². The average molecular weight is 355 g/mol. The lowest BCUT2D eigenvalue weighted by Gasteiger charge is -2.10. The number of nitrogens with one attached hydrogen (secondary N) is 1. The van der Waals surface area contributed by atoms with Gasteiger partial charge in [-0.3, -0.25) is 9.59 Å². The van der Waals surface area contributed by atoms with Crippen LogP contribution < -0.4 is 10.1 Å². The molecule has 0 atom stereocenters. The first-order valence-corrected chi connectivity index (χ1v) is 8.72. The number of benzene rings is 2. The van der Waals surface area contributed by atoms with Crippen molar-refractivity contribution >= 4 is 17.6 Å². The van der Waals surface area contributed by atoms with E-state index in [0.717, 1.165) is 23.3 Å². The zero-order chi connectivity index (χ0) is 18.9. The molecule has 0 fully saturated rings. The highest BCUT2D eigenvalue weighted by molar-refractivity contribution is 5.92. The second-order valence-electron chi connectivity index (χ2n) is 6.13. The van der Waals surface area contributed by atoms with Crippen molar-refractivity contribution in [1.29, 1.82) is 0 Å². The van der Waals surface area contributed by atoms with Gasteiger partial charge in [-0.15, -0.1) is 0 Å². The fourth-order valence-electron chi connectivity index (χ4n) is 2.35. The van der Waals surface area contributed by atoms with Crippen molar-refractivity contribution in [3.05, 3.63) is 59.2 Å². The van der Waals surface area contributed by atoms with Crippen molar-refractivity contribution in [2.75, 3.05) is 18.5 Å². The Hall–Kier alpha value is -2.82. The number of anilines is 1. The molecule has 0 saturated carbocycles. The Labute approximate surface area is 154 Å². The van der Waals surface area contributed by atoms with E-state index < -0.39 is 5.97 Å². The number of aryl methyl sites for hydroxylation is 3. The largest absolute Gasteiger partial charge is 0.493 e. The summed E-state index contributed by atoms with van der Waals surface area (Å²) in [6.45, 7) is 5.90. The number of hydrogen-bond acceptors (Lipinski definition) is 4. The minimum Gasteiger partial charge on any atom is -0.493 e. The van der Waals surface area contributed by atoms with Crippen LogP contribution in [0, 0.1) is 13.8 Å². The molecule has 5 nitrogen and oxygen atoms in total. The molecule has 0 bridgehead atoms. The molecule has 0 radical (unpaired) electrons. The summed E-state index contributed by atoms with van der Waals surface area (Å²) in [4.78, 5) is 23.6. The van der Waals surface area contributed by atoms with Gasteiger partial charge >= 0.3 is 5.97 Å². The lowest BCUT2D eigenvalue weighted by Crippen LogP contribution is -2.21. The number of ether oxygens (including phenoxy) is 2. The molecule has 0 aliphatic carbocycles. The third kappa shape index (κ3) is 6.24. The Kier molecular flexibility index (Phi) is 7.21. The molecule has 138 valence electrons. The molecular formula is C21H25NO4. The van der Waals surface area contributed by atoms with Gasteiger partial charge in [0.2, 0.25) is 0 Å². The normalized spacial score (nSPS) is 10.3. The number of hydrogen-bond donors (Lipinski definition) is 1. The molecule has 0 aromatic heterocycles. The number of esters is 1. The molecular weight excluding hydrogens is 330 g/mol. The van der Waals surface area contributed by atoms with Gasteiger partial charge in [0, 0.05) is 5.69 Å². The molecule has 0 aliphatic heterocycles. The minimum atomic E-state index is -0.466. The summed E-state index contributed by atoms with van der Waals surface area (Å²) in [6.07, 6.45) is 1.03. The smallest absolute Gasteiger partial charge is 0.309 e. The van der Waals surface area contributed by atoms with Gasteiger partial charge in [0.25, 0.3) is 5.91 Å². The Morgan fingerprint density at radius 3 is 2.46 bits per heavy atom. The van der Waals surface area contributed by atoms with Crippen LogP contribution in [0.2, 0.25) is 0 Å². The van der Waals surface area contributed by atoms with Gasteiger partial charge in [-0.1, -0.05) is 31.2 Å². The van der Waals surface area contributed by atoms with Crippen LogP contribution >= 0.6 is 0 Å². The summed E-state index contributed by atoms with van der Waals surface area (Å²) in [6, 6.07) is 13.5. The van der Waals surface area contributed by atoms with Crippen molar-refractivity contribution in [2.24, 2.45) is 0 Å². The van der Waals surface area contributed by atoms with Gasteiger partial charge in [0.1, 0.15) is 5.75 Å². The quantitative estimate of drug-likeness (QED) is 0.731. The van der Waals surface area contributed by atoms with Crippen LogP contribution in [0.15, 0.2) is 42.5 Å². The van der Waals surface area contributed by atoms with Crippen LogP contribution in [0.25, 0.3) is 0 Å². The zero-order valence-corrected chi connectivity index (χ0v) is 15.5. The standard InChI is InChI=1S/C21H25NO4/c1-4-17-7-9-18(10-8-17)22-20(23)14-26-21(24)11-12-25-19-13-15(2)5-6-16(19)3/h5-10,13H,4,11-12,14H2,1-3H3,(H,22,23). The van der Waals surface area contributed by atoms with Crippen molar-refractivity contribution < 1.29 is 19.1 Å². The summed E-state index contributed by atoms with van der Waals surface area (Å²) in [5.74, 6) is -0.0732. The maximum absolute atomic E-state index is 11.8. The first-order chi connectivity index (χ1) is 12.5. The first kappa shape index (κ1) is 19.5. The van der Waals surface area contributed by atoms with E-state index in [1.807, 2.05) is 56.3 Å². The van der Waals surface area contributed by atoms with Crippen molar-refractivity contribution in [3.8, 4) is 5.75 Å². The zero-order valence-electron chi connectivity index (χ0n) is 15.5. The van der Waals surface area contributed by atoms with E-state index in [-0.39, 0.29) is 25.5 Å². The van der Waals surface area contributed by atoms with Gasteiger partial charge in [0.05, 0.1) is 13.0 Å². The third-order valence-electron chi connectivity index (χ3n) is 3.92. The van der Waals surface area contributed by atoms with Crippen molar-refractivity contribution in [2.45, 2.75) is 33.6 Å². The Bertz CT molecular complexity index is 753. The van der Waals surface area contributed by atoms with Crippen LogP contribution in [0.5, 0.6) is 5.75 Å². The first-order valence-electron chi connectivity index (χ1n) is 8.72. The van der Waals surface area contributed by atoms with E-state index in [1.54, 1.807) is 0 Å². The SMILES string of the molecule is CCc1ccc(NC(=O)COC(=O)CCOc2cc(C)ccc2C)cc1. The second kappa shape index (κ2) is 9.61. The molecule has 2 aromatic carbocycles. The maximum atomic E-state index is 11.8. The number of carbonyl (C=O) groups is 2. The Morgan fingerprint density at radius 1 is 1.04 bits per heavy atom. The predicted octanol–water partition coefficient (Wildman–Crippen LogP) is 3.82. The maximum Gasteiger partial charge on any atom is 0.309 e. The van der Waals surface area contributed by atoms with E-state index in [9.17, 15) is 9.59 Å². The molecule has 0 aliphatic rings. The van der Waals surface area contributed by atoms with E-state index in [2.05, 4.69) is 12.2 Å². The molecule has 0 unspecified atom stereocenters. The number of carbonyl (C=O) groups excluding carboxylic acids is 2. The van der Waals surface area contributed by atoms with Crippen molar-refractivity contribution in [1.82, 2.24) is 0 Å².